The predicted octanol–water partition coefficient (Wildman–Crippen LogP) is 4.40. The number of benzene rings is 2. The summed E-state index contributed by atoms with van der Waals surface area (Å²) in [5.41, 5.74) is 2.87. The van der Waals surface area contributed by atoms with Gasteiger partial charge in [0.25, 0.3) is 0 Å². The van der Waals surface area contributed by atoms with Crippen LogP contribution >= 0.6 is 22.9 Å². The van der Waals surface area contributed by atoms with Crippen LogP contribution in [0.15, 0.2) is 60.8 Å². The minimum absolute atomic E-state index is 0.333. The van der Waals surface area contributed by atoms with E-state index in [-0.39, 0.29) is 6.54 Å². The van der Waals surface area contributed by atoms with E-state index in [1.807, 2.05) is 36.4 Å². The Labute approximate surface area is 215 Å². The minimum atomic E-state index is -1.02. The quantitative estimate of drug-likeness (QED) is 0.413. The fraction of sp³-hybridized carbons (Fsp3) is 0.240. The van der Waals surface area contributed by atoms with E-state index < -0.39 is 11.6 Å². The smallest absolute Gasteiger partial charge is 0.327 e. The Morgan fingerprint density at radius 2 is 2.00 bits per heavy atom. The highest BCUT2D eigenvalue weighted by atomic mass is 35.5. The van der Waals surface area contributed by atoms with Crippen LogP contribution in [0.25, 0.3) is 16.3 Å². The molecule has 0 aliphatic carbocycles. The number of para-hydroxylation sites is 1. The monoisotopic (exact) mass is 520 g/mol. The second-order valence-electron chi connectivity index (χ2n) is 8.76. The molecule has 182 valence electrons. The first-order valence-corrected chi connectivity index (χ1v) is 12.7. The standard InChI is InChI=1S/C25H21ClN6O3S/c26-17-5-3-4-16(12-17)19-13-25(35-20-7-2-1-6-18(19)20)8-10-31(11-9-25)24-27-14-21(36-24)23-28-30-32(29-23)15-22(33)34/h1-7,12-14H,8-11,15H2,(H,33,34). The number of aromatic nitrogens is 5. The SMILES string of the molecule is O=C(O)Cn1nnc(-c2cnc(N3CCC4(C=C(c5cccc(Cl)c5)c5ccccc5O4)CC3)s2)n1. The van der Waals surface area contributed by atoms with Gasteiger partial charge in [-0.05, 0) is 40.6 Å². The molecule has 0 atom stereocenters. The summed E-state index contributed by atoms with van der Waals surface area (Å²) in [6, 6.07) is 16.1. The fourth-order valence-electron chi connectivity index (χ4n) is 4.63. The lowest BCUT2D eigenvalue weighted by Crippen LogP contribution is -2.48. The Balaban J connectivity index is 1.23. The van der Waals surface area contributed by atoms with Crippen LogP contribution in [-0.4, -0.2) is 55.0 Å². The number of ether oxygens (including phenoxy) is 1. The van der Waals surface area contributed by atoms with E-state index in [0.717, 1.165) is 63.2 Å². The number of halogens is 1. The van der Waals surface area contributed by atoms with Crippen LogP contribution < -0.4 is 9.64 Å². The van der Waals surface area contributed by atoms with Crippen molar-refractivity contribution in [2.24, 2.45) is 0 Å². The molecule has 36 heavy (non-hydrogen) atoms. The number of carbonyl (C=O) groups is 1. The van der Waals surface area contributed by atoms with Gasteiger partial charge in [-0.15, -0.1) is 10.2 Å². The number of hydrogen-bond donors (Lipinski definition) is 1. The van der Waals surface area contributed by atoms with Crippen molar-refractivity contribution in [1.29, 1.82) is 0 Å². The van der Waals surface area contributed by atoms with Crippen molar-refractivity contribution < 1.29 is 14.6 Å². The first-order valence-electron chi connectivity index (χ1n) is 11.5. The van der Waals surface area contributed by atoms with Crippen LogP contribution in [0.5, 0.6) is 5.75 Å². The maximum atomic E-state index is 10.9. The molecule has 4 heterocycles. The van der Waals surface area contributed by atoms with E-state index in [1.165, 1.54) is 11.3 Å². The topological polar surface area (TPSA) is 106 Å². The predicted molar refractivity (Wildman–Crippen MR) is 136 cm³/mol. The van der Waals surface area contributed by atoms with Crippen molar-refractivity contribution in [2.75, 3.05) is 18.0 Å². The minimum Gasteiger partial charge on any atom is -0.482 e. The maximum absolute atomic E-state index is 10.9. The van der Waals surface area contributed by atoms with Crippen LogP contribution in [0.2, 0.25) is 5.02 Å². The van der Waals surface area contributed by atoms with Crippen LogP contribution in [0, 0.1) is 0 Å². The van der Waals surface area contributed by atoms with Gasteiger partial charge in [-0.1, -0.05) is 53.3 Å². The van der Waals surface area contributed by atoms with E-state index >= 15 is 0 Å². The largest absolute Gasteiger partial charge is 0.482 e. The van der Waals surface area contributed by atoms with E-state index in [4.69, 9.17) is 21.4 Å². The van der Waals surface area contributed by atoms with Crippen LogP contribution in [-0.2, 0) is 11.3 Å². The van der Waals surface area contributed by atoms with Crippen molar-refractivity contribution in [3.8, 4) is 16.5 Å². The van der Waals surface area contributed by atoms with Crippen molar-refractivity contribution in [2.45, 2.75) is 25.0 Å². The summed E-state index contributed by atoms with van der Waals surface area (Å²) < 4.78 is 6.60. The third kappa shape index (κ3) is 4.33. The van der Waals surface area contributed by atoms with Gasteiger partial charge in [0.15, 0.2) is 11.7 Å². The summed E-state index contributed by atoms with van der Waals surface area (Å²) in [5, 5.41) is 22.4. The van der Waals surface area contributed by atoms with Gasteiger partial charge in [-0.3, -0.25) is 4.79 Å². The molecule has 0 bridgehead atoms. The molecule has 2 aromatic heterocycles. The molecule has 2 aliphatic heterocycles. The van der Waals surface area contributed by atoms with Crippen LogP contribution in [0.1, 0.15) is 24.0 Å². The van der Waals surface area contributed by atoms with Crippen molar-refractivity contribution in [3.05, 3.63) is 77.0 Å². The maximum Gasteiger partial charge on any atom is 0.327 e. The first kappa shape index (κ1) is 22.7. The molecule has 0 amide bonds. The molecule has 0 saturated carbocycles. The number of anilines is 1. The molecule has 1 fully saturated rings. The summed E-state index contributed by atoms with van der Waals surface area (Å²) in [6.07, 6.45) is 5.56. The number of nitrogens with zero attached hydrogens (tertiary/aromatic N) is 6. The summed E-state index contributed by atoms with van der Waals surface area (Å²) in [5.74, 6) is 0.233. The van der Waals surface area contributed by atoms with Gasteiger partial charge in [0.1, 0.15) is 11.4 Å². The number of fused-ring (bicyclic) bond motifs is 1. The zero-order chi connectivity index (χ0) is 24.7. The Morgan fingerprint density at radius 1 is 1.17 bits per heavy atom. The zero-order valence-electron chi connectivity index (χ0n) is 19.0. The lowest BCUT2D eigenvalue weighted by Gasteiger charge is -2.43. The van der Waals surface area contributed by atoms with Gasteiger partial charge in [0.05, 0.1) is 11.1 Å². The normalized spacial score (nSPS) is 16.4. The highest BCUT2D eigenvalue weighted by Gasteiger charge is 2.39. The van der Waals surface area contributed by atoms with Gasteiger partial charge < -0.3 is 14.7 Å². The summed E-state index contributed by atoms with van der Waals surface area (Å²) in [6.45, 7) is 1.21. The molecule has 9 nitrogen and oxygen atoms in total. The number of aliphatic carboxylic acids is 1. The molecule has 1 N–H and O–H groups in total. The number of carboxylic acid groups (broad SMARTS) is 1. The van der Waals surface area contributed by atoms with Gasteiger partial charge in [-0.25, -0.2) is 4.98 Å². The molecule has 2 aliphatic rings. The van der Waals surface area contributed by atoms with Gasteiger partial charge >= 0.3 is 5.97 Å². The molecule has 4 aromatic rings. The summed E-state index contributed by atoms with van der Waals surface area (Å²) >= 11 is 7.78. The van der Waals surface area contributed by atoms with Crippen LogP contribution in [0.4, 0.5) is 5.13 Å². The first-order chi connectivity index (χ1) is 17.5. The molecule has 6 rings (SSSR count). The number of piperidine rings is 1. The van der Waals surface area contributed by atoms with E-state index in [2.05, 4.69) is 43.5 Å². The molecular formula is C25H21ClN6O3S. The Bertz CT molecular complexity index is 1470. The lowest BCUT2D eigenvalue weighted by molar-refractivity contribution is -0.138. The number of thiazole rings is 1. The molecule has 11 heteroatoms. The average molecular weight is 521 g/mol. The molecule has 0 unspecified atom stereocenters. The van der Waals surface area contributed by atoms with Gasteiger partial charge in [0.2, 0.25) is 5.82 Å². The molecule has 2 aromatic carbocycles. The summed E-state index contributed by atoms with van der Waals surface area (Å²) in [4.78, 5) is 19.5. The Hall–Kier alpha value is -3.76. The van der Waals surface area contributed by atoms with E-state index in [1.54, 1.807) is 6.20 Å². The number of tetrazole rings is 1. The Morgan fingerprint density at radius 3 is 2.81 bits per heavy atom. The van der Waals surface area contributed by atoms with Crippen LogP contribution in [0.3, 0.4) is 0 Å². The lowest BCUT2D eigenvalue weighted by atomic mass is 9.83. The molecule has 1 saturated heterocycles. The van der Waals surface area contributed by atoms with E-state index in [9.17, 15) is 4.79 Å². The van der Waals surface area contributed by atoms with Crippen molar-refractivity contribution in [3.63, 3.8) is 0 Å². The molecule has 0 radical (unpaired) electrons. The fourth-order valence-corrected chi connectivity index (χ4v) is 5.71. The van der Waals surface area contributed by atoms with Crippen molar-refractivity contribution in [1.82, 2.24) is 25.2 Å². The number of carboxylic acids is 1. The number of rotatable bonds is 5. The highest BCUT2D eigenvalue weighted by molar-refractivity contribution is 7.18. The second kappa shape index (κ2) is 9.03. The average Bonchev–Trinajstić information content (AvgIpc) is 3.54. The van der Waals surface area contributed by atoms with Gasteiger partial charge in [0, 0.05) is 36.5 Å². The third-order valence-electron chi connectivity index (χ3n) is 6.36. The summed E-state index contributed by atoms with van der Waals surface area (Å²) in [7, 11) is 0. The highest BCUT2D eigenvalue weighted by Crippen LogP contribution is 2.44. The Kier molecular flexibility index (Phi) is 5.69. The molecular weight excluding hydrogens is 500 g/mol. The third-order valence-corrected chi connectivity index (χ3v) is 7.65. The zero-order valence-corrected chi connectivity index (χ0v) is 20.6. The molecule has 1 spiro atoms. The van der Waals surface area contributed by atoms with E-state index in [0.29, 0.717) is 10.8 Å². The second-order valence-corrected chi connectivity index (χ2v) is 10.2. The van der Waals surface area contributed by atoms with Gasteiger partial charge in [-0.2, -0.15) is 4.80 Å². The number of hydrogen-bond acceptors (Lipinski definition) is 8. The van der Waals surface area contributed by atoms with Crippen molar-refractivity contribution >= 4 is 39.6 Å².